The van der Waals surface area contributed by atoms with Crippen molar-refractivity contribution in [2.24, 2.45) is 4.99 Å². The second-order valence-corrected chi connectivity index (χ2v) is 6.36. The molecule has 17 heavy (non-hydrogen) atoms. The Labute approximate surface area is 107 Å². The van der Waals surface area contributed by atoms with Gasteiger partial charge in [-0.2, -0.15) is 0 Å². The maximum absolute atomic E-state index is 4.45. The molecule has 0 unspecified atom stereocenters. The standard InChI is InChI=1S/C14H12N2Se/c1-10-9-15-14(17-10)16-13-8-4-6-11-5-2-3-7-12(11)13/h2-8H,1,9H2,(H,15,16). The van der Waals surface area contributed by atoms with Gasteiger partial charge in [-0.3, -0.25) is 0 Å². The molecule has 2 aromatic rings. The van der Waals surface area contributed by atoms with Gasteiger partial charge in [-0.05, 0) is 0 Å². The van der Waals surface area contributed by atoms with Crippen molar-refractivity contribution in [2.75, 3.05) is 11.9 Å². The molecule has 84 valence electrons. The summed E-state index contributed by atoms with van der Waals surface area (Å²) in [4.78, 5) is 4.45. The molecular weight excluding hydrogens is 275 g/mol. The summed E-state index contributed by atoms with van der Waals surface area (Å²) in [5.41, 5.74) is 1.14. The molecule has 2 aromatic carbocycles. The fourth-order valence-corrected chi connectivity index (χ4v) is 3.33. The van der Waals surface area contributed by atoms with Gasteiger partial charge in [0.15, 0.2) is 0 Å². The summed E-state index contributed by atoms with van der Waals surface area (Å²) in [6.45, 7) is 4.77. The van der Waals surface area contributed by atoms with E-state index in [1.54, 1.807) is 0 Å². The van der Waals surface area contributed by atoms with Gasteiger partial charge in [-0.15, -0.1) is 0 Å². The predicted molar refractivity (Wildman–Crippen MR) is 74.8 cm³/mol. The Kier molecular flexibility index (Phi) is 2.71. The molecule has 0 saturated heterocycles. The molecule has 0 bridgehead atoms. The number of benzene rings is 2. The zero-order chi connectivity index (χ0) is 11.7. The SMILES string of the molecule is C=C1CN=C(Nc2cccc3ccccc23)[Se]1. The van der Waals surface area contributed by atoms with Gasteiger partial charge in [0, 0.05) is 0 Å². The Balaban J connectivity index is 1.98. The van der Waals surface area contributed by atoms with Crippen LogP contribution < -0.4 is 5.32 Å². The van der Waals surface area contributed by atoms with Crippen molar-refractivity contribution < 1.29 is 0 Å². The monoisotopic (exact) mass is 288 g/mol. The summed E-state index contributed by atoms with van der Waals surface area (Å²) >= 11 is 0.303. The quantitative estimate of drug-likeness (QED) is 0.801. The van der Waals surface area contributed by atoms with Crippen molar-refractivity contribution in [1.82, 2.24) is 0 Å². The van der Waals surface area contributed by atoms with E-state index in [4.69, 9.17) is 0 Å². The van der Waals surface area contributed by atoms with E-state index in [0.717, 1.165) is 17.0 Å². The van der Waals surface area contributed by atoms with Crippen LogP contribution in [0.25, 0.3) is 10.8 Å². The average molecular weight is 287 g/mol. The number of rotatable bonds is 1. The Hall–Kier alpha value is -1.57. The summed E-state index contributed by atoms with van der Waals surface area (Å²) in [6.07, 6.45) is 0. The van der Waals surface area contributed by atoms with Gasteiger partial charge in [0.2, 0.25) is 0 Å². The minimum absolute atomic E-state index is 0.303. The number of nitrogens with zero attached hydrogens (tertiary/aromatic N) is 1. The van der Waals surface area contributed by atoms with Crippen molar-refractivity contribution in [3.63, 3.8) is 0 Å². The number of nitrogens with one attached hydrogen (secondary N) is 1. The van der Waals surface area contributed by atoms with E-state index in [2.05, 4.69) is 59.4 Å². The average Bonchev–Trinajstić information content (AvgIpc) is 2.75. The van der Waals surface area contributed by atoms with Crippen LogP contribution in [0, 0.1) is 0 Å². The Morgan fingerprint density at radius 3 is 2.76 bits per heavy atom. The molecule has 0 spiro atoms. The summed E-state index contributed by atoms with van der Waals surface area (Å²) < 4.78 is 2.32. The van der Waals surface area contributed by atoms with Crippen LogP contribution in [-0.4, -0.2) is 26.2 Å². The van der Waals surface area contributed by atoms with Crippen LogP contribution in [0.3, 0.4) is 0 Å². The third-order valence-corrected chi connectivity index (χ3v) is 4.44. The zero-order valence-corrected chi connectivity index (χ0v) is 11.0. The maximum atomic E-state index is 4.45. The number of amidine groups is 1. The summed E-state index contributed by atoms with van der Waals surface area (Å²) in [7, 11) is 0. The third-order valence-electron chi connectivity index (χ3n) is 2.67. The van der Waals surface area contributed by atoms with Gasteiger partial charge in [0.1, 0.15) is 0 Å². The normalized spacial score (nSPS) is 15.1. The predicted octanol–water partition coefficient (Wildman–Crippen LogP) is 2.84. The van der Waals surface area contributed by atoms with E-state index in [0.29, 0.717) is 15.0 Å². The first-order valence-corrected chi connectivity index (χ1v) is 7.19. The summed E-state index contributed by atoms with van der Waals surface area (Å²) in [5.74, 6) is 0. The van der Waals surface area contributed by atoms with E-state index in [9.17, 15) is 0 Å². The molecule has 1 N–H and O–H groups in total. The molecule has 1 aliphatic heterocycles. The van der Waals surface area contributed by atoms with Gasteiger partial charge < -0.3 is 0 Å². The number of fused-ring (bicyclic) bond motifs is 1. The van der Waals surface area contributed by atoms with Crippen molar-refractivity contribution in [3.05, 3.63) is 53.5 Å². The molecule has 0 aromatic heterocycles. The van der Waals surface area contributed by atoms with Crippen LogP contribution in [0.5, 0.6) is 0 Å². The Morgan fingerprint density at radius 2 is 1.94 bits per heavy atom. The van der Waals surface area contributed by atoms with E-state index in [-0.39, 0.29) is 0 Å². The van der Waals surface area contributed by atoms with Crippen molar-refractivity contribution in [1.29, 1.82) is 0 Å². The van der Waals surface area contributed by atoms with E-state index < -0.39 is 0 Å². The third kappa shape index (κ3) is 2.12. The van der Waals surface area contributed by atoms with Crippen molar-refractivity contribution in [3.8, 4) is 0 Å². The number of aliphatic imine (C=N–C) groups is 1. The van der Waals surface area contributed by atoms with Gasteiger partial charge >= 0.3 is 107 Å². The molecule has 1 aliphatic rings. The van der Waals surface area contributed by atoms with Crippen LogP contribution >= 0.6 is 0 Å². The Morgan fingerprint density at radius 1 is 1.12 bits per heavy atom. The second-order valence-electron chi connectivity index (χ2n) is 3.91. The molecule has 0 saturated carbocycles. The first-order chi connectivity index (χ1) is 8.33. The fraction of sp³-hybridized carbons (Fsp3) is 0.0714. The molecule has 0 amide bonds. The molecule has 1 heterocycles. The number of hydrogen-bond acceptors (Lipinski definition) is 2. The fourth-order valence-electron chi connectivity index (χ4n) is 1.88. The van der Waals surface area contributed by atoms with Crippen LogP contribution in [0.15, 0.2) is 58.5 Å². The van der Waals surface area contributed by atoms with Gasteiger partial charge in [-0.25, -0.2) is 0 Å². The van der Waals surface area contributed by atoms with Crippen LogP contribution in [-0.2, 0) is 0 Å². The molecule has 2 nitrogen and oxygen atoms in total. The molecule has 3 heteroatoms. The molecular formula is C14H12N2Se. The second kappa shape index (κ2) is 4.36. The summed E-state index contributed by atoms with van der Waals surface area (Å²) in [6, 6.07) is 14.7. The summed E-state index contributed by atoms with van der Waals surface area (Å²) in [5, 5.41) is 5.93. The van der Waals surface area contributed by atoms with Crippen LogP contribution in [0.1, 0.15) is 0 Å². The van der Waals surface area contributed by atoms with Crippen LogP contribution in [0.2, 0.25) is 0 Å². The number of anilines is 1. The van der Waals surface area contributed by atoms with E-state index in [1.165, 1.54) is 15.2 Å². The topological polar surface area (TPSA) is 24.4 Å². The van der Waals surface area contributed by atoms with Gasteiger partial charge in [0.05, 0.1) is 0 Å². The van der Waals surface area contributed by atoms with Gasteiger partial charge in [-0.1, -0.05) is 0 Å². The van der Waals surface area contributed by atoms with Crippen LogP contribution in [0.4, 0.5) is 5.69 Å². The van der Waals surface area contributed by atoms with Crippen molar-refractivity contribution in [2.45, 2.75) is 0 Å². The Bertz CT molecular complexity index is 611. The zero-order valence-electron chi connectivity index (χ0n) is 9.31. The molecule has 0 atom stereocenters. The minimum atomic E-state index is 0.303. The first-order valence-electron chi connectivity index (χ1n) is 5.48. The van der Waals surface area contributed by atoms with Crippen molar-refractivity contribution >= 4 is 36.2 Å². The van der Waals surface area contributed by atoms with E-state index in [1.807, 2.05) is 0 Å². The van der Waals surface area contributed by atoms with Gasteiger partial charge in [0.25, 0.3) is 0 Å². The molecule has 0 aliphatic carbocycles. The number of hydrogen-bond donors (Lipinski definition) is 1. The van der Waals surface area contributed by atoms with E-state index >= 15 is 0 Å². The first kappa shape index (κ1) is 10.6. The molecule has 3 rings (SSSR count). The molecule has 0 radical (unpaired) electrons. The molecule has 0 fully saturated rings.